The van der Waals surface area contributed by atoms with E-state index in [2.05, 4.69) is 10.3 Å². The van der Waals surface area contributed by atoms with Crippen LogP contribution in [0.3, 0.4) is 0 Å². The van der Waals surface area contributed by atoms with E-state index in [1.807, 2.05) is 0 Å². The molecule has 1 amide bonds. The number of fused-ring (bicyclic) bond motifs is 1. The summed E-state index contributed by atoms with van der Waals surface area (Å²) in [5.74, 6) is -2.95. The number of amides is 1. The Kier molecular flexibility index (Phi) is 6.30. The van der Waals surface area contributed by atoms with Gasteiger partial charge in [-0.05, 0) is 48.5 Å². The summed E-state index contributed by atoms with van der Waals surface area (Å²) < 4.78 is 40.6. The van der Waals surface area contributed by atoms with Crippen LogP contribution in [0.1, 0.15) is 28.9 Å². The predicted molar refractivity (Wildman–Crippen MR) is 95.5 cm³/mol. The molecule has 7 nitrogen and oxygen atoms in total. The Balaban J connectivity index is 1.55. The number of halogens is 2. The van der Waals surface area contributed by atoms with E-state index in [4.69, 9.17) is 14.2 Å². The monoisotopic (exact) mass is 410 g/mol. The van der Waals surface area contributed by atoms with Crippen LogP contribution >= 0.6 is 11.8 Å². The summed E-state index contributed by atoms with van der Waals surface area (Å²) in [6.45, 7) is 1.35. The van der Waals surface area contributed by atoms with E-state index in [0.29, 0.717) is 11.5 Å². The van der Waals surface area contributed by atoms with Crippen LogP contribution in [-0.4, -0.2) is 36.0 Å². The van der Waals surface area contributed by atoms with E-state index in [0.717, 1.165) is 5.56 Å². The van der Waals surface area contributed by atoms with Gasteiger partial charge >= 0.3 is 5.97 Å². The highest BCUT2D eigenvalue weighted by Crippen LogP contribution is 2.34. The number of esters is 1. The van der Waals surface area contributed by atoms with Crippen LogP contribution in [0.25, 0.3) is 0 Å². The number of carbonyl (C=O) groups excluding carboxylic acids is 2. The number of aromatic nitrogens is 1. The van der Waals surface area contributed by atoms with E-state index in [1.165, 1.54) is 18.3 Å². The normalized spacial score (nSPS) is 13.3. The molecular weight excluding hydrogens is 394 g/mol. The van der Waals surface area contributed by atoms with Gasteiger partial charge in [0, 0.05) is 6.20 Å². The van der Waals surface area contributed by atoms with E-state index < -0.39 is 24.2 Å². The molecule has 1 N–H and O–H groups in total. The molecule has 2 aromatic rings. The zero-order valence-corrected chi connectivity index (χ0v) is 15.5. The first kappa shape index (κ1) is 19.9. The van der Waals surface area contributed by atoms with Crippen molar-refractivity contribution in [3.8, 4) is 11.5 Å². The van der Waals surface area contributed by atoms with E-state index in [-0.39, 0.29) is 35.2 Å². The van der Waals surface area contributed by atoms with Crippen molar-refractivity contribution in [1.82, 2.24) is 10.3 Å². The standard InChI is InChI=1S/C18H16F2N2O5S/c1-10(11-4-5-13-14(7-11)27-9-26-13)22-15(23)8-25-17(24)12-3-2-6-21-16(12)28-18(19)20/h2-7,10,18H,8-9H2,1H3,(H,22,23). The maximum Gasteiger partial charge on any atom is 0.341 e. The third-order valence-electron chi connectivity index (χ3n) is 3.80. The fourth-order valence-electron chi connectivity index (χ4n) is 2.48. The number of pyridine rings is 1. The highest BCUT2D eigenvalue weighted by Gasteiger charge is 2.20. The van der Waals surface area contributed by atoms with Crippen LogP contribution in [0.5, 0.6) is 11.5 Å². The summed E-state index contributed by atoms with van der Waals surface area (Å²) >= 11 is 0.137. The number of carbonyl (C=O) groups is 2. The molecule has 0 radical (unpaired) electrons. The summed E-state index contributed by atoms with van der Waals surface area (Å²) in [5.41, 5.74) is 0.663. The van der Waals surface area contributed by atoms with Crippen LogP contribution < -0.4 is 14.8 Å². The van der Waals surface area contributed by atoms with Crippen molar-refractivity contribution in [3.05, 3.63) is 47.7 Å². The van der Waals surface area contributed by atoms with Gasteiger partial charge < -0.3 is 19.5 Å². The number of benzene rings is 1. The lowest BCUT2D eigenvalue weighted by molar-refractivity contribution is -0.124. The number of nitrogens with one attached hydrogen (secondary N) is 1. The molecule has 1 aliphatic rings. The Morgan fingerprint density at radius 3 is 2.86 bits per heavy atom. The van der Waals surface area contributed by atoms with Crippen LogP contribution in [0.4, 0.5) is 8.78 Å². The molecule has 0 saturated carbocycles. The van der Waals surface area contributed by atoms with Crippen molar-refractivity contribution in [1.29, 1.82) is 0 Å². The Morgan fingerprint density at radius 2 is 2.07 bits per heavy atom. The summed E-state index contributed by atoms with van der Waals surface area (Å²) in [6, 6.07) is 7.65. The van der Waals surface area contributed by atoms with Crippen LogP contribution in [-0.2, 0) is 9.53 Å². The largest absolute Gasteiger partial charge is 0.454 e. The second kappa shape index (κ2) is 8.87. The molecule has 1 atom stereocenters. The first-order valence-corrected chi connectivity index (χ1v) is 9.08. The van der Waals surface area contributed by atoms with E-state index in [1.54, 1.807) is 25.1 Å². The summed E-state index contributed by atoms with van der Waals surface area (Å²) in [4.78, 5) is 27.9. The van der Waals surface area contributed by atoms with Gasteiger partial charge in [-0.25, -0.2) is 9.78 Å². The van der Waals surface area contributed by atoms with Crippen LogP contribution in [0.2, 0.25) is 0 Å². The molecule has 1 unspecified atom stereocenters. The fourth-order valence-corrected chi connectivity index (χ4v) is 3.05. The number of hydrogen-bond donors (Lipinski definition) is 1. The maximum atomic E-state index is 12.6. The third-order valence-corrected chi connectivity index (χ3v) is 4.53. The number of hydrogen-bond acceptors (Lipinski definition) is 7. The van der Waals surface area contributed by atoms with Crippen molar-refractivity contribution >= 4 is 23.6 Å². The number of rotatable bonds is 7. The van der Waals surface area contributed by atoms with Gasteiger partial charge in [0.15, 0.2) is 18.1 Å². The Morgan fingerprint density at radius 1 is 1.29 bits per heavy atom. The molecule has 1 aromatic carbocycles. The van der Waals surface area contributed by atoms with Gasteiger partial charge in [0.25, 0.3) is 11.7 Å². The Hall–Kier alpha value is -2.88. The third kappa shape index (κ3) is 4.89. The van der Waals surface area contributed by atoms with Gasteiger partial charge in [0.2, 0.25) is 6.79 Å². The molecule has 3 rings (SSSR count). The zero-order valence-electron chi connectivity index (χ0n) is 14.7. The molecule has 2 heterocycles. The quantitative estimate of drug-likeness (QED) is 0.554. The molecule has 10 heteroatoms. The van der Waals surface area contributed by atoms with Crippen molar-refractivity contribution < 1.29 is 32.6 Å². The van der Waals surface area contributed by atoms with E-state index >= 15 is 0 Å². The lowest BCUT2D eigenvalue weighted by Crippen LogP contribution is -2.31. The lowest BCUT2D eigenvalue weighted by atomic mass is 10.1. The smallest absolute Gasteiger partial charge is 0.341 e. The molecule has 0 spiro atoms. The van der Waals surface area contributed by atoms with Crippen LogP contribution in [0.15, 0.2) is 41.6 Å². The predicted octanol–water partition coefficient (Wildman–Crippen LogP) is 3.16. The Bertz CT molecular complexity index is 881. The number of alkyl halides is 2. The second-order valence-electron chi connectivity index (χ2n) is 5.71. The molecule has 1 aromatic heterocycles. The van der Waals surface area contributed by atoms with Crippen LogP contribution in [0, 0.1) is 0 Å². The molecule has 28 heavy (non-hydrogen) atoms. The minimum atomic E-state index is -2.73. The fraction of sp³-hybridized carbons (Fsp3) is 0.278. The maximum absolute atomic E-state index is 12.6. The Labute approximate surface area is 163 Å². The molecule has 0 fully saturated rings. The molecule has 148 valence electrons. The van der Waals surface area contributed by atoms with Crippen molar-refractivity contribution in [2.45, 2.75) is 23.7 Å². The van der Waals surface area contributed by atoms with Gasteiger partial charge in [0.05, 0.1) is 11.6 Å². The molecule has 1 aliphatic heterocycles. The van der Waals surface area contributed by atoms with Gasteiger partial charge in [-0.15, -0.1) is 0 Å². The summed E-state index contributed by atoms with van der Waals surface area (Å²) in [5, 5.41) is 2.53. The van der Waals surface area contributed by atoms with Gasteiger partial charge in [-0.2, -0.15) is 8.78 Å². The first-order valence-electron chi connectivity index (χ1n) is 8.20. The van der Waals surface area contributed by atoms with Crippen molar-refractivity contribution in [2.75, 3.05) is 13.4 Å². The first-order chi connectivity index (χ1) is 13.4. The zero-order chi connectivity index (χ0) is 20.1. The van der Waals surface area contributed by atoms with Crippen molar-refractivity contribution in [3.63, 3.8) is 0 Å². The highest BCUT2D eigenvalue weighted by molar-refractivity contribution is 7.99. The number of ether oxygens (including phenoxy) is 3. The molecule has 0 aliphatic carbocycles. The molecular formula is C18H16F2N2O5S. The number of nitrogens with zero attached hydrogens (tertiary/aromatic N) is 1. The van der Waals surface area contributed by atoms with Crippen molar-refractivity contribution in [2.24, 2.45) is 0 Å². The second-order valence-corrected chi connectivity index (χ2v) is 6.69. The van der Waals surface area contributed by atoms with E-state index in [9.17, 15) is 18.4 Å². The summed E-state index contributed by atoms with van der Waals surface area (Å²) in [6.07, 6.45) is 1.29. The highest BCUT2D eigenvalue weighted by atomic mass is 32.2. The topological polar surface area (TPSA) is 86.8 Å². The molecule has 0 saturated heterocycles. The number of thioether (sulfide) groups is 1. The average Bonchev–Trinajstić information content (AvgIpc) is 3.14. The lowest BCUT2D eigenvalue weighted by Gasteiger charge is -2.15. The SMILES string of the molecule is CC(NC(=O)COC(=O)c1cccnc1SC(F)F)c1ccc2c(c1)OCO2. The van der Waals surface area contributed by atoms with Gasteiger partial charge in [-0.1, -0.05) is 6.07 Å². The minimum Gasteiger partial charge on any atom is -0.454 e. The molecule has 0 bridgehead atoms. The summed E-state index contributed by atoms with van der Waals surface area (Å²) in [7, 11) is 0. The van der Waals surface area contributed by atoms with Gasteiger partial charge in [-0.3, -0.25) is 4.79 Å². The minimum absolute atomic E-state index is 0.121. The average molecular weight is 410 g/mol. The van der Waals surface area contributed by atoms with Gasteiger partial charge in [0.1, 0.15) is 5.03 Å².